The molecule has 4 aromatic carbocycles. The van der Waals surface area contributed by atoms with Gasteiger partial charge in [0.2, 0.25) is 0 Å². The van der Waals surface area contributed by atoms with Crippen molar-refractivity contribution in [1.29, 1.82) is 0 Å². The van der Waals surface area contributed by atoms with Gasteiger partial charge in [0.1, 0.15) is 10.6 Å². The van der Waals surface area contributed by atoms with Crippen molar-refractivity contribution < 1.29 is 31.0 Å². The zero-order valence-electron chi connectivity index (χ0n) is 16.5. The summed E-state index contributed by atoms with van der Waals surface area (Å²) in [5.41, 5.74) is 1.17. The van der Waals surface area contributed by atoms with Gasteiger partial charge in [-0.05, 0) is 47.5 Å². The van der Waals surface area contributed by atoms with Gasteiger partial charge in [0.05, 0.1) is 10.6 Å². The second kappa shape index (κ2) is 7.64. The Balaban J connectivity index is 2.00. The highest BCUT2D eigenvalue weighted by atomic mass is 32.2. The maximum atomic E-state index is 11.8. The van der Waals surface area contributed by atoms with Crippen LogP contribution in [0.1, 0.15) is 5.56 Å². The lowest BCUT2D eigenvalue weighted by molar-refractivity contribution is 0.445. The second-order valence-electron chi connectivity index (χ2n) is 7.05. The third-order valence-corrected chi connectivity index (χ3v) is 6.69. The minimum absolute atomic E-state index is 0.00624. The summed E-state index contributed by atoms with van der Waals surface area (Å²) in [5.74, 6) is -0.847. The quantitative estimate of drug-likeness (QED) is 0.281. The van der Waals surface area contributed by atoms with Crippen LogP contribution in [0, 0.1) is 6.92 Å². The number of rotatable bonds is 4. The van der Waals surface area contributed by atoms with Gasteiger partial charge in [0.25, 0.3) is 20.2 Å². The number of phenols is 1. The summed E-state index contributed by atoms with van der Waals surface area (Å²) in [6, 6.07) is 15.2. The molecule has 0 saturated carbocycles. The summed E-state index contributed by atoms with van der Waals surface area (Å²) < 4.78 is 65.3. The molecule has 0 unspecified atom stereocenters. The Morgan fingerprint density at radius 2 is 1.44 bits per heavy atom. The minimum atomic E-state index is -4.88. The largest absolute Gasteiger partial charge is 0.504 e. The van der Waals surface area contributed by atoms with Gasteiger partial charge < -0.3 is 5.11 Å². The highest BCUT2D eigenvalue weighted by Gasteiger charge is 2.23. The van der Waals surface area contributed by atoms with E-state index < -0.39 is 35.8 Å². The van der Waals surface area contributed by atoms with E-state index in [1.807, 2.05) is 37.3 Å². The normalized spacial score (nSPS) is 12.7. The monoisotopic (exact) mass is 472 g/mol. The molecule has 0 heterocycles. The number of aromatic hydroxyl groups is 1. The van der Waals surface area contributed by atoms with Crippen molar-refractivity contribution in [1.82, 2.24) is 0 Å². The molecule has 9 nitrogen and oxygen atoms in total. The molecule has 0 fully saturated rings. The van der Waals surface area contributed by atoms with Gasteiger partial charge in [-0.2, -0.15) is 16.8 Å². The molecule has 32 heavy (non-hydrogen) atoms. The Kier molecular flexibility index (Phi) is 5.21. The number of hydrogen-bond acceptors (Lipinski definition) is 7. The van der Waals surface area contributed by atoms with E-state index in [9.17, 15) is 31.0 Å². The molecule has 164 valence electrons. The van der Waals surface area contributed by atoms with Gasteiger partial charge in [-0.25, -0.2) is 0 Å². The first-order valence-electron chi connectivity index (χ1n) is 9.11. The zero-order valence-corrected chi connectivity index (χ0v) is 18.1. The molecule has 0 bridgehead atoms. The zero-order chi connectivity index (χ0) is 23.3. The fourth-order valence-electron chi connectivity index (χ4n) is 3.41. The molecular weight excluding hydrogens is 456 g/mol. The summed E-state index contributed by atoms with van der Waals surface area (Å²) in [7, 11) is -9.46. The molecule has 0 aliphatic heterocycles. The molecule has 3 N–H and O–H groups in total. The predicted octanol–water partition coefficient (Wildman–Crippen LogP) is 4.92. The lowest BCUT2D eigenvalue weighted by Crippen LogP contribution is -2.00. The van der Waals surface area contributed by atoms with Crippen molar-refractivity contribution >= 4 is 53.2 Å². The van der Waals surface area contributed by atoms with Gasteiger partial charge in [-0.3, -0.25) is 9.11 Å². The summed E-state index contributed by atoms with van der Waals surface area (Å²) in [5, 5.41) is 20.6. The fraction of sp³-hybridized carbons (Fsp3) is 0.0476. The summed E-state index contributed by atoms with van der Waals surface area (Å²) >= 11 is 0. The lowest BCUT2D eigenvalue weighted by Gasteiger charge is -2.10. The predicted molar refractivity (Wildman–Crippen MR) is 118 cm³/mol. The van der Waals surface area contributed by atoms with Crippen LogP contribution in [0.4, 0.5) is 11.4 Å². The van der Waals surface area contributed by atoms with E-state index in [4.69, 9.17) is 0 Å². The molecule has 0 spiro atoms. The Hall–Kier alpha value is -3.38. The van der Waals surface area contributed by atoms with Crippen molar-refractivity contribution in [2.45, 2.75) is 16.7 Å². The maximum Gasteiger partial charge on any atom is 0.298 e. The smallest absolute Gasteiger partial charge is 0.298 e. The van der Waals surface area contributed by atoms with E-state index in [0.29, 0.717) is 5.69 Å². The van der Waals surface area contributed by atoms with Crippen molar-refractivity contribution in [3.05, 3.63) is 66.2 Å². The van der Waals surface area contributed by atoms with E-state index in [0.717, 1.165) is 34.5 Å². The molecule has 0 saturated heterocycles. The first-order valence-corrected chi connectivity index (χ1v) is 12.0. The molecule has 4 aromatic rings. The summed E-state index contributed by atoms with van der Waals surface area (Å²) in [6.45, 7) is 1.94. The first-order chi connectivity index (χ1) is 15.0. The molecule has 0 aliphatic rings. The standard InChI is InChI=1S/C21H16N2O7S2/c1-12-6-9-18(17-5-3-2-4-15(12)17)22-23-20-16-8-7-14(31(25,26)27)10-13(16)11-19(21(20)24)32(28,29)30/h2-11,24H,1H3,(H,25,26,27)(H,28,29,30). The molecule has 0 aliphatic carbocycles. The number of aryl methyl sites for hydroxylation is 1. The highest BCUT2D eigenvalue weighted by Crippen LogP contribution is 2.42. The van der Waals surface area contributed by atoms with E-state index >= 15 is 0 Å². The Bertz CT molecular complexity index is 1640. The molecule has 4 rings (SSSR count). The molecule has 11 heteroatoms. The Morgan fingerprint density at radius 1 is 0.750 bits per heavy atom. The van der Waals surface area contributed by atoms with E-state index in [2.05, 4.69) is 10.2 Å². The van der Waals surface area contributed by atoms with Crippen LogP contribution in [0.2, 0.25) is 0 Å². The van der Waals surface area contributed by atoms with Crippen molar-refractivity contribution in [2.75, 3.05) is 0 Å². The second-order valence-corrected chi connectivity index (χ2v) is 9.86. The Morgan fingerprint density at radius 3 is 2.09 bits per heavy atom. The van der Waals surface area contributed by atoms with Crippen LogP contribution in [-0.2, 0) is 20.2 Å². The molecule has 0 atom stereocenters. The number of fused-ring (bicyclic) bond motifs is 2. The average molecular weight is 473 g/mol. The number of benzene rings is 4. The van der Waals surface area contributed by atoms with Crippen LogP contribution >= 0.6 is 0 Å². The highest BCUT2D eigenvalue weighted by molar-refractivity contribution is 7.86. The SMILES string of the molecule is Cc1ccc(N=Nc2c(O)c(S(=O)(=O)O)cc3cc(S(=O)(=O)O)ccc23)c2ccccc12. The van der Waals surface area contributed by atoms with Crippen LogP contribution in [0.3, 0.4) is 0 Å². The van der Waals surface area contributed by atoms with Gasteiger partial charge in [-0.15, -0.1) is 10.2 Å². The number of phenolic OH excluding ortho intramolecular Hbond substituents is 1. The topological polar surface area (TPSA) is 154 Å². The maximum absolute atomic E-state index is 11.8. The van der Waals surface area contributed by atoms with Gasteiger partial charge in [-0.1, -0.05) is 36.4 Å². The molecule has 0 amide bonds. The average Bonchev–Trinajstić information content (AvgIpc) is 2.72. The van der Waals surface area contributed by atoms with E-state index in [1.165, 1.54) is 6.07 Å². The van der Waals surface area contributed by atoms with Gasteiger partial charge in [0.15, 0.2) is 5.75 Å². The third-order valence-electron chi connectivity index (χ3n) is 4.98. The molecule has 0 radical (unpaired) electrons. The fourth-order valence-corrected chi connectivity index (χ4v) is 4.55. The van der Waals surface area contributed by atoms with Crippen LogP contribution in [0.25, 0.3) is 21.5 Å². The Labute approximate surface area is 183 Å². The van der Waals surface area contributed by atoms with Crippen molar-refractivity contribution in [2.24, 2.45) is 10.2 Å². The van der Waals surface area contributed by atoms with Crippen molar-refractivity contribution in [3.63, 3.8) is 0 Å². The number of hydrogen-bond donors (Lipinski definition) is 3. The van der Waals surface area contributed by atoms with Crippen molar-refractivity contribution in [3.8, 4) is 5.75 Å². The van der Waals surface area contributed by atoms with Gasteiger partial charge in [0, 0.05) is 10.8 Å². The summed E-state index contributed by atoms with van der Waals surface area (Å²) in [4.78, 5) is -1.37. The molecular formula is C21H16N2O7S2. The number of azo groups is 1. The van der Waals surface area contributed by atoms with E-state index in [-0.39, 0.29) is 16.5 Å². The van der Waals surface area contributed by atoms with Crippen LogP contribution in [0.15, 0.2) is 80.7 Å². The van der Waals surface area contributed by atoms with Crippen LogP contribution < -0.4 is 0 Å². The van der Waals surface area contributed by atoms with Crippen LogP contribution in [0.5, 0.6) is 5.75 Å². The third kappa shape index (κ3) is 3.94. The van der Waals surface area contributed by atoms with E-state index in [1.54, 1.807) is 6.07 Å². The van der Waals surface area contributed by atoms with Gasteiger partial charge >= 0.3 is 0 Å². The van der Waals surface area contributed by atoms with Crippen LogP contribution in [-0.4, -0.2) is 31.0 Å². The summed E-state index contributed by atoms with van der Waals surface area (Å²) in [6.07, 6.45) is 0. The number of nitrogens with zero attached hydrogens (tertiary/aromatic N) is 2. The molecule has 0 aromatic heterocycles. The lowest BCUT2D eigenvalue weighted by atomic mass is 10.0. The first kappa shape index (κ1) is 21.8. The minimum Gasteiger partial charge on any atom is -0.504 e.